The summed E-state index contributed by atoms with van der Waals surface area (Å²) in [5, 5.41) is 21.0. The number of benzene rings is 3. The molecule has 3 aromatic rings. The average molecular weight is 539 g/mol. The van der Waals surface area contributed by atoms with E-state index in [1.165, 1.54) is 19.2 Å². The lowest BCUT2D eigenvalue weighted by atomic mass is 10.0. The molecule has 0 aromatic heterocycles. The lowest BCUT2D eigenvalue weighted by Crippen LogP contribution is -2.49. The first kappa shape index (κ1) is 27.9. The summed E-state index contributed by atoms with van der Waals surface area (Å²) in [7, 11) is 1.50. The van der Waals surface area contributed by atoms with Crippen LogP contribution in [0.1, 0.15) is 16.7 Å². The molecule has 1 fully saturated rings. The summed E-state index contributed by atoms with van der Waals surface area (Å²) in [5.74, 6) is 0.565. The molecule has 0 radical (unpaired) electrons. The number of hydrogen-bond donors (Lipinski definition) is 0. The smallest absolute Gasteiger partial charge is 0.269 e. The Morgan fingerprint density at radius 3 is 2.50 bits per heavy atom. The lowest BCUT2D eigenvalue weighted by molar-refractivity contribution is -0.384. The number of piperazine rings is 1. The number of amides is 1. The summed E-state index contributed by atoms with van der Waals surface area (Å²) >= 11 is 0. The summed E-state index contributed by atoms with van der Waals surface area (Å²) in [6.07, 6.45) is 3.72. The number of anilines is 1. The third kappa shape index (κ3) is 6.66. The van der Waals surface area contributed by atoms with Crippen LogP contribution in [-0.2, 0) is 17.8 Å². The highest BCUT2D eigenvalue weighted by atomic mass is 16.6. The number of carbonyl (C=O) groups is 1. The third-order valence-corrected chi connectivity index (χ3v) is 6.59. The molecule has 1 amide bonds. The molecule has 1 aliphatic heterocycles. The topological polar surface area (TPSA) is 109 Å². The van der Waals surface area contributed by atoms with Gasteiger partial charge in [-0.3, -0.25) is 14.9 Å². The Kier molecular flexibility index (Phi) is 9.15. The normalized spacial score (nSPS) is 13.3. The zero-order valence-corrected chi connectivity index (χ0v) is 22.3. The Hall–Kier alpha value is -5.10. The number of nitrogens with zero attached hydrogens (tertiary/aromatic N) is 4. The molecule has 1 saturated heterocycles. The van der Waals surface area contributed by atoms with Crippen molar-refractivity contribution in [2.75, 3.05) is 38.2 Å². The van der Waals surface area contributed by atoms with E-state index in [0.29, 0.717) is 55.2 Å². The quantitative estimate of drug-likeness (QED) is 0.115. The minimum atomic E-state index is -0.453. The summed E-state index contributed by atoms with van der Waals surface area (Å²) in [4.78, 5) is 27.8. The van der Waals surface area contributed by atoms with Crippen molar-refractivity contribution in [3.05, 3.63) is 112 Å². The molecule has 3 aromatic carbocycles. The summed E-state index contributed by atoms with van der Waals surface area (Å²) in [5.41, 5.74) is 3.12. The summed E-state index contributed by atoms with van der Waals surface area (Å²) < 4.78 is 11.6. The van der Waals surface area contributed by atoms with Crippen molar-refractivity contribution >= 4 is 23.4 Å². The van der Waals surface area contributed by atoms with Gasteiger partial charge in [0.1, 0.15) is 18.2 Å². The highest BCUT2D eigenvalue weighted by Gasteiger charge is 2.24. The van der Waals surface area contributed by atoms with Crippen LogP contribution in [0.15, 0.2) is 85.0 Å². The number of hydrogen-bond acceptors (Lipinski definition) is 7. The molecule has 0 unspecified atom stereocenters. The van der Waals surface area contributed by atoms with Crippen LogP contribution >= 0.6 is 0 Å². The van der Waals surface area contributed by atoms with Crippen LogP contribution < -0.4 is 14.4 Å². The van der Waals surface area contributed by atoms with Gasteiger partial charge in [-0.2, -0.15) is 5.26 Å². The third-order valence-electron chi connectivity index (χ3n) is 6.59. The second-order valence-corrected chi connectivity index (χ2v) is 9.20. The Labute approximate surface area is 233 Å². The van der Waals surface area contributed by atoms with E-state index >= 15 is 0 Å². The largest absolute Gasteiger partial charge is 0.493 e. The average Bonchev–Trinajstić information content (AvgIpc) is 2.99. The maximum absolute atomic E-state index is 13.2. The van der Waals surface area contributed by atoms with Crippen LogP contribution in [-0.4, -0.2) is 49.0 Å². The Bertz CT molecular complexity index is 1450. The minimum Gasteiger partial charge on any atom is -0.493 e. The first-order valence-electron chi connectivity index (χ1n) is 12.8. The van der Waals surface area contributed by atoms with E-state index in [2.05, 4.69) is 17.5 Å². The van der Waals surface area contributed by atoms with Crippen LogP contribution in [0.2, 0.25) is 0 Å². The molecular weight excluding hydrogens is 508 g/mol. The first-order chi connectivity index (χ1) is 19.4. The van der Waals surface area contributed by atoms with Gasteiger partial charge in [0.25, 0.3) is 11.6 Å². The van der Waals surface area contributed by atoms with Gasteiger partial charge in [-0.15, -0.1) is 6.58 Å². The Morgan fingerprint density at radius 2 is 1.85 bits per heavy atom. The van der Waals surface area contributed by atoms with Crippen molar-refractivity contribution < 1.29 is 19.2 Å². The lowest BCUT2D eigenvalue weighted by Gasteiger charge is -2.36. The van der Waals surface area contributed by atoms with E-state index in [9.17, 15) is 20.2 Å². The number of allylic oxidation sites excluding steroid dienone is 1. The number of ether oxygens (including phenoxy) is 2. The van der Waals surface area contributed by atoms with Crippen LogP contribution in [0.4, 0.5) is 11.4 Å². The summed E-state index contributed by atoms with van der Waals surface area (Å²) in [6.45, 7) is 6.31. The second kappa shape index (κ2) is 13.1. The molecule has 4 rings (SSSR count). The van der Waals surface area contributed by atoms with Gasteiger partial charge in [0, 0.05) is 49.6 Å². The van der Waals surface area contributed by atoms with E-state index in [1.807, 2.05) is 36.4 Å². The van der Waals surface area contributed by atoms with E-state index in [-0.39, 0.29) is 23.8 Å². The highest BCUT2D eigenvalue weighted by Crippen LogP contribution is 2.35. The number of non-ortho nitro benzene ring substituents is 1. The molecule has 40 heavy (non-hydrogen) atoms. The van der Waals surface area contributed by atoms with E-state index in [0.717, 1.165) is 11.3 Å². The van der Waals surface area contributed by atoms with Gasteiger partial charge in [0.2, 0.25) is 0 Å². The SMILES string of the molecule is C=CCc1cc(/C=C(/C#N)C(=O)N2CCN(c3ccccc3)CC2)cc(OC)c1OCc1cccc([N+](=O)[O-])c1. The number of rotatable bonds is 10. The molecule has 9 heteroatoms. The van der Waals surface area contributed by atoms with Crippen LogP contribution in [0, 0.1) is 21.4 Å². The number of para-hydroxylation sites is 1. The predicted octanol–water partition coefficient (Wildman–Crippen LogP) is 5.17. The van der Waals surface area contributed by atoms with Gasteiger partial charge >= 0.3 is 0 Å². The van der Waals surface area contributed by atoms with Gasteiger partial charge in [-0.1, -0.05) is 36.4 Å². The zero-order valence-electron chi connectivity index (χ0n) is 22.3. The molecule has 0 spiro atoms. The fourth-order valence-electron chi connectivity index (χ4n) is 4.59. The van der Waals surface area contributed by atoms with Gasteiger partial charge < -0.3 is 19.3 Å². The van der Waals surface area contributed by atoms with E-state index in [1.54, 1.807) is 35.3 Å². The molecule has 0 bridgehead atoms. The van der Waals surface area contributed by atoms with Crippen molar-refractivity contribution in [1.82, 2.24) is 4.90 Å². The fourth-order valence-corrected chi connectivity index (χ4v) is 4.59. The number of nitro groups is 1. The van der Waals surface area contributed by atoms with Gasteiger partial charge in [0.15, 0.2) is 11.5 Å². The molecule has 0 saturated carbocycles. The molecule has 1 heterocycles. The van der Waals surface area contributed by atoms with Crippen molar-refractivity contribution in [2.45, 2.75) is 13.0 Å². The van der Waals surface area contributed by atoms with Crippen molar-refractivity contribution in [3.63, 3.8) is 0 Å². The highest BCUT2D eigenvalue weighted by molar-refractivity contribution is 6.02. The Morgan fingerprint density at radius 1 is 1.10 bits per heavy atom. The van der Waals surface area contributed by atoms with Crippen molar-refractivity contribution in [2.24, 2.45) is 0 Å². The number of methoxy groups -OCH3 is 1. The van der Waals surface area contributed by atoms with Crippen LogP contribution in [0.3, 0.4) is 0 Å². The fraction of sp³-hybridized carbons (Fsp3) is 0.226. The van der Waals surface area contributed by atoms with Gasteiger partial charge in [-0.25, -0.2) is 0 Å². The van der Waals surface area contributed by atoms with Gasteiger partial charge in [0.05, 0.1) is 12.0 Å². The maximum atomic E-state index is 13.2. The molecule has 204 valence electrons. The van der Waals surface area contributed by atoms with Crippen LogP contribution in [0.5, 0.6) is 11.5 Å². The standard InChI is InChI=1S/C31H30N4O5/c1-3-8-25-17-24(20-29(39-2)30(25)40-22-23-9-7-12-28(19-23)35(37)38)18-26(21-32)31(36)34-15-13-33(14-16-34)27-10-5-4-6-11-27/h3-7,9-12,17-20H,1,8,13-16,22H2,2H3/b26-18-. The molecule has 9 nitrogen and oxygen atoms in total. The van der Waals surface area contributed by atoms with Crippen LogP contribution in [0.25, 0.3) is 6.08 Å². The van der Waals surface area contributed by atoms with Crippen molar-refractivity contribution in [1.29, 1.82) is 5.26 Å². The second-order valence-electron chi connectivity index (χ2n) is 9.20. The summed E-state index contributed by atoms with van der Waals surface area (Å²) in [6, 6.07) is 21.9. The number of nitriles is 1. The monoisotopic (exact) mass is 538 g/mol. The molecule has 0 N–H and O–H groups in total. The van der Waals surface area contributed by atoms with Crippen molar-refractivity contribution in [3.8, 4) is 17.6 Å². The molecule has 1 aliphatic rings. The first-order valence-corrected chi connectivity index (χ1v) is 12.8. The van der Waals surface area contributed by atoms with Gasteiger partial charge in [-0.05, 0) is 47.9 Å². The zero-order chi connectivity index (χ0) is 28.5. The van der Waals surface area contributed by atoms with E-state index in [4.69, 9.17) is 9.47 Å². The van der Waals surface area contributed by atoms with E-state index < -0.39 is 4.92 Å². The predicted molar refractivity (Wildman–Crippen MR) is 153 cm³/mol. The molecule has 0 aliphatic carbocycles. The molecule has 0 atom stereocenters. The minimum absolute atomic E-state index is 0.0185. The maximum Gasteiger partial charge on any atom is 0.269 e. The molecular formula is C31H30N4O5. The number of carbonyl (C=O) groups excluding carboxylic acids is 1. The number of nitro benzene ring substituents is 1. The Balaban J connectivity index is 1.53.